The molecule has 0 aromatic heterocycles. The first kappa shape index (κ1) is 80.2. The first-order chi connectivity index (χ1) is 40.0. The molecular formula is C73H139N2O6P. The molecule has 8 nitrogen and oxygen atoms in total. The Morgan fingerprint density at radius 2 is 0.720 bits per heavy atom. The summed E-state index contributed by atoms with van der Waals surface area (Å²) in [5.74, 6) is -0.207. The number of aliphatic hydroxyl groups excluding tert-OH is 1. The molecule has 0 fully saturated rings. The number of carbonyl (C=O) groups excluding carboxylic acids is 1. The number of allylic oxidation sites excluding steroid dienone is 9. The third-order valence-corrected chi connectivity index (χ3v) is 17.1. The largest absolute Gasteiger partial charge is 0.756 e. The van der Waals surface area contributed by atoms with E-state index in [1.165, 1.54) is 276 Å². The van der Waals surface area contributed by atoms with Gasteiger partial charge >= 0.3 is 0 Å². The van der Waals surface area contributed by atoms with Crippen LogP contribution in [-0.2, 0) is 18.4 Å². The van der Waals surface area contributed by atoms with E-state index >= 15 is 0 Å². The lowest BCUT2D eigenvalue weighted by Gasteiger charge is -2.29. The zero-order chi connectivity index (χ0) is 59.8. The van der Waals surface area contributed by atoms with Crippen molar-refractivity contribution in [2.45, 2.75) is 360 Å². The number of rotatable bonds is 66. The summed E-state index contributed by atoms with van der Waals surface area (Å²) >= 11 is 0. The minimum absolute atomic E-state index is 0.00930. The number of nitrogens with one attached hydrogen (secondary N) is 1. The lowest BCUT2D eigenvalue weighted by atomic mass is 10.0. The highest BCUT2D eigenvalue weighted by atomic mass is 31.2. The quantitative estimate of drug-likeness (QED) is 0.0272. The Kier molecular flexibility index (Phi) is 62.3. The molecule has 2 N–H and O–H groups in total. The minimum Gasteiger partial charge on any atom is -0.756 e. The second kappa shape index (κ2) is 63.7. The SMILES string of the molecule is CCCCCCCCCCCCC/C=C\C/C=C\CCCCCCCCCCCCCCCCCCCC(=O)NC(COP(=O)([O-])OCC[N+](C)(C)C)C(O)/C=C/CC/C=C/CC/C=C/CCCCCCCCCCCCCCCCC. The first-order valence-electron chi connectivity index (χ1n) is 35.7. The molecule has 0 aliphatic carbocycles. The summed E-state index contributed by atoms with van der Waals surface area (Å²) in [4.78, 5) is 25.6. The number of hydrogen-bond donors (Lipinski definition) is 2. The van der Waals surface area contributed by atoms with Crippen molar-refractivity contribution < 1.29 is 32.9 Å². The standard InChI is InChI=1S/C73H139N2O6P/c1-6-8-10-12-14-16-18-20-22-24-26-28-30-32-33-34-35-36-37-38-39-40-41-43-45-47-49-51-53-55-57-59-61-63-65-67-73(77)74-71(70-81-82(78,79)80-69-68-75(3,4)5)72(76)66-64-62-60-58-56-54-52-50-48-46-44-42-31-29-27-25-23-21-19-17-15-13-11-9-7-2/h30,32,34-35,48,50,56,58,64,66,71-72,76H,6-29,31,33,36-47,49,51-55,57,59-63,65,67-70H2,1-5H3,(H-,74,77,78,79)/b32-30-,35-34-,50-48+,58-56+,66-64+. The van der Waals surface area contributed by atoms with Gasteiger partial charge in [0, 0.05) is 6.42 Å². The normalized spacial score (nSPS) is 14.0. The van der Waals surface area contributed by atoms with Crippen LogP contribution in [0, 0.1) is 0 Å². The third kappa shape index (κ3) is 65.7. The van der Waals surface area contributed by atoms with Crippen LogP contribution in [0.15, 0.2) is 60.8 Å². The fourth-order valence-corrected chi connectivity index (χ4v) is 11.4. The van der Waals surface area contributed by atoms with Gasteiger partial charge in [-0.1, -0.05) is 325 Å². The van der Waals surface area contributed by atoms with Crippen molar-refractivity contribution in [2.75, 3.05) is 40.9 Å². The molecule has 0 rings (SSSR count). The summed E-state index contributed by atoms with van der Waals surface area (Å²) in [6.45, 7) is 4.67. The number of carbonyl (C=O) groups is 1. The van der Waals surface area contributed by atoms with Crippen LogP contribution in [0.25, 0.3) is 0 Å². The van der Waals surface area contributed by atoms with E-state index in [0.29, 0.717) is 17.4 Å². The Balaban J connectivity index is 4.08. The Hall–Kier alpha value is -1.80. The van der Waals surface area contributed by atoms with Crippen molar-refractivity contribution in [2.24, 2.45) is 0 Å². The van der Waals surface area contributed by atoms with E-state index in [1.807, 2.05) is 27.2 Å². The van der Waals surface area contributed by atoms with Crippen LogP contribution in [-0.4, -0.2) is 68.5 Å². The van der Waals surface area contributed by atoms with Gasteiger partial charge in [-0.25, -0.2) is 0 Å². The average Bonchev–Trinajstić information content (AvgIpc) is 3.45. The summed E-state index contributed by atoms with van der Waals surface area (Å²) in [7, 11) is 1.24. The third-order valence-electron chi connectivity index (χ3n) is 16.2. The molecule has 0 aliphatic rings. The molecule has 1 amide bonds. The number of likely N-dealkylation sites (N-methyl/N-ethyl adjacent to an activating group) is 1. The number of hydrogen-bond acceptors (Lipinski definition) is 6. The van der Waals surface area contributed by atoms with E-state index in [0.717, 1.165) is 51.4 Å². The number of unbranched alkanes of at least 4 members (excludes halogenated alkanes) is 45. The Morgan fingerprint density at radius 3 is 1.06 bits per heavy atom. The van der Waals surface area contributed by atoms with E-state index in [2.05, 4.69) is 67.8 Å². The molecule has 0 bridgehead atoms. The van der Waals surface area contributed by atoms with Crippen LogP contribution < -0.4 is 10.2 Å². The van der Waals surface area contributed by atoms with Gasteiger partial charge in [0.2, 0.25) is 5.91 Å². The van der Waals surface area contributed by atoms with E-state index in [4.69, 9.17) is 9.05 Å². The molecule has 9 heteroatoms. The predicted molar refractivity (Wildman–Crippen MR) is 357 cm³/mol. The van der Waals surface area contributed by atoms with Crippen LogP contribution in [0.4, 0.5) is 0 Å². The van der Waals surface area contributed by atoms with E-state index < -0.39 is 26.6 Å². The Bertz CT molecular complexity index is 1520. The van der Waals surface area contributed by atoms with E-state index in [1.54, 1.807) is 6.08 Å². The Morgan fingerprint density at radius 1 is 0.427 bits per heavy atom. The monoisotopic (exact) mass is 1170 g/mol. The maximum absolute atomic E-state index is 13.0. The van der Waals surface area contributed by atoms with E-state index in [-0.39, 0.29) is 12.5 Å². The van der Waals surface area contributed by atoms with Crippen molar-refractivity contribution in [3.05, 3.63) is 60.8 Å². The van der Waals surface area contributed by atoms with Gasteiger partial charge in [-0.3, -0.25) is 9.36 Å². The lowest BCUT2D eigenvalue weighted by Crippen LogP contribution is -2.45. The zero-order valence-corrected chi connectivity index (χ0v) is 56.1. The molecule has 482 valence electrons. The zero-order valence-electron chi connectivity index (χ0n) is 55.2. The maximum Gasteiger partial charge on any atom is 0.268 e. The highest BCUT2D eigenvalue weighted by Gasteiger charge is 2.23. The van der Waals surface area contributed by atoms with Crippen LogP contribution >= 0.6 is 7.82 Å². The second-order valence-electron chi connectivity index (χ2n) is 25.6. The number of aliphatic hydroxyl groups is 1. The summed E-state index contributed by atoms with van der Waals surface area (Å²) in [5, 5.41) is 13.9. The predicted octanol–water partition coefficient (Wildman–Crippen LogP) is 22.1. The van der Waals surface area contributed by atoms with E-state index in [9.17, 15) is 19.4 Å². The van der Waals surface area contributed by atoms with Crippen molar-refractivity contribution in [1.29, 1.82) is 0 Å². The second-order valence-corrected chi connectivity index (χ2v) is 27.0. The van der Waals surface area contributed by atoms with Crippen LogP contribution in [0.1, 0.15) is 348 Å². The molecule has 3 unspecified atom stereocenters. The van der Waals surface area contributed by atoms with Gasteiger partial charge in [-0.15, -0.1) is 0 Å². The summed E-state index contributed by atoms with van der Waals surface area (Å²) in [6.07, 6.45) is 87.9. The van der Waals surface area contributed by atoms with Gasteiger partial charge in [-0.05, 0) is 77.0 Å². The summed E-state index contributed by atoms with van der Waals surface area (Å²) < 4.78 is 23.4. The maximum atomic E-state index is 13.0. The smallest absolute Gasteiger partial charge is 0.268 e. The van der Waals surface area contributed by atoms with Crippen molar-refractivity contribution in [3.8, 4) is 0 Å². The van der Waals surface area contributed by atoms with Gasteiger partial charge in [0.15, 0.2) is 0 Å². The molecule has 0 aromatic rings. The minimum atomic E-state index is -4.62. The van der Waals surface area contributed by atoms with Gasteiger partial charge < -0.3 is 28.8 Å². The van der Waals surface area contributed by atoms with Crippen molar-refractivity contribution >= 4 is 13.7 Å². The molecule has 0 radical (unpaired) electrons. The van der Waals surface area contributed by atoms with Crippen molar-refractivity contribution in [1.82, 2.24) is 5.32 Å². The van der Waals surface area contributed by atoms with Crippen LogP contribution in [0.3, 0.4) is 0 Å². The fraction of sp³-hybridized carbons (Fsp3) is 0.849. The number of phosphoric ester groups is 1. The number of phosphoric acid groups is 1. The lowest BCUT2D eigenvalue weighted by molar-refractivity contribution is -0.870. The molecule has 0 spiro atoms. The number of quaternary nitrogens is 1. The molecule has 3 atom stereocenters. The van der Waals surface area contributed by atoms with Crippen molar-refractivity contribution in [3.63, 3.8) is 0 Å². The van der Waals surface area contributed by atoms with Gasteiger partial charge in [0.25, 0.3) is 7.82 Å². The van der Waals surface area contributed by atoms with Gasteiger partial charge in [-0.2, -0.15) is 0 Å². The summed E-state index contributed by atoms with van der Waals surface area (Å²) in [5.41, 5.74) is 0. The molecule has 0 aliphatic heterocycles. The van der Waals surface area contributed by atoms with Crippen LogP contribution in [0.2, 0.25) is 0 Å². The molecule has 0 aromatic carbocycles. The first-order valence-corrected chi connectivity index (χ1v) is 37.1. The molecule has 0 saturated heterocycles. The topological polar surface area (TPSA) is 108 Å². The number of amides is 1. The van der Waals surface area contributed by atoms with Gasteiger partial charge in [0.05, 0.1) is 39.9 Å². The summed E-state index contributed by atoms with van der Waals surface area (Å²) in [6, 6.07) is -0.913. The fourth-order valence-electron chi connectivity index (χ4n) is 10.6. The molecule has 0 saturated carbocycles. The highest BCUT2D eigenvalue weighted by molar-refractivity contribution is 7.45. The average molecular weight is 1170 g/mol. The molecular weight excluding hydrogens is 1030 g/mol. The van der Waals surface area contributed by atoms with Gasteiger partial charge in [0.1, 0.15) is 13.2 Å². The Labute approximate surface area is 511 Å². The molecule has 82 heavy (non-hydrogen) atoms. The number of nitrogens with zero attached hydrogens (tertiary/aromatic N) is 1. The van der Waals surface area contributed by atoms with Crippen LogP contribution in [0.5, 0.6) is 0 Å². The highest BCUT2D eigenvalue weighted by Crippen LogP contribution is 2.38. The molecule has 0 heterocycles.